The maximum absolute atomic E-state index is 11.7. The number of carbonyl (C=O) groups excluding carboxylic acids is 1. The molecule has 0 saturated heterocycles. The van der Waals surface area contributed by atoms with Crippen LogP contribution in [0.1, 0.15) is 31.2 Å². The Kier molecular flexibility index (Phi) is 4.70. The summed E-state index contributed by atoms with van der Waals surface area (Å²) < 4.78 is 0. The second-order valence-corrected chi connectivity index (χ2v) is 5.01. The lowest BCUT2D eigenvalue weighted by atomic mass is 9.87. The SMILES string of the molecule is O=C(Cc1ccncc1)NCC1CCC(O)CC1. The molecule has 0 radical (unpaired) electrons. The molecule has 18 heavy (non-hydrogen) atoms. The molecule has 0 aromatic carbocycles. The summed E-state index contributed by atoms with van der Waals surface area (Å²) in [5.41, 5.74) is 0.988. The standard InChI is InChI=1S/C14H20N2O2/c17-13-3-1-12(2-4-13)10-16-14(18)9-11-5-7-15-8-6-11/h5-8,12-13,17H,1-4,9-10H2,(H,16,18). The van der Waals surface area contributed by atoms with Gasteiger partial charge >= 0.3 is 0 Å². The molecule has 1 amide bonds. The van der Waals surface area contributed by atoms with Crippen molar-refractivity contribution in [3.63, 3.8) is 0 Å². The molecule has 1 heterocycles. The Morgan fingerprint density at radius 3 is 2.61 bits per heavy atom. The number of hydrogen-bond donors (Lipinski definition) is 2. The van der Waals surface area contributed by atoms with Crippen LogP contribution >= 0.6 is 0 Å². The van der Waals surface area contributed by atoms with Crippen LogP contribution in [-0.2, 0) is 11.2 Å². The van der Waals surface area contributed by atoms with Crippen LogP contribution in [0.15, 0.2) is 24.5 Å². The molecule has 1 aliphatic carbocycles. The van der Waals surface area contributed by atoms with Gasteiger partial charge in [0.2, 0.25) is 5.91 Å². The highest BCUT2D eigenvalue weighted by Crippen LogP contribution is 2.23. The summed E-state index contributed by atoms with van der Waals surface area (Å²) in [5.74, 6) is 0.585. The molecule has 1 aromatic heterocycles. The van der Waals surface area contributed by atoms with Crippen molar-refractivity contribution >= 4 is 5.91 Å². The van der Waals surface area contributed by atoms with Crippen LogP contribution in [0.4, 0.5) is 0 Å². The normalized spacial score (nSPS) is 23.6. The highest BCUT2D eigenvalue weighted by molar-refractivity contribution is 5.78. The molecule has 1 saturated carbocycles. The first-order valence-corrected chi connectivity index (χ1v) is 6.57. The third kappa shape index (κ3) is 4.11. The summed E-state index contributed by atoms with van der Waals surface area (Å²) in [6.07, 6.45) is 7.44. The average molecular weight is 248 g/mol. The van der Waals surface area contributed by atoms with Gasteiger partial charge in [0.25, 0.3) is 0 Å². The van der Waals surface area contributed by atoms with E-state index in [0.29, 0.717) is 12.3 Å². The molecule has 4 heteroatoms. The third-order valence-electron chi connectivity index (χ3n) is 3.52. The zero-order chi connectivity index (χ0) is 12.8. The molecular weight excluding hydrogens is 228 g/mol. The summed E-state index contributed by atoms with van der Waals surface area (Å²) in [7, 11) is 0. The van der Waals surface area contributed by atoms with Gasteiger partial charge in [0, 0.05) is 18.9 Å². The average Bonchev–Trinajstić information content (AvgIpc) is 2.39. The zero-order valence-electron chi connectivity index (χ0n) is 10.5. The summed E-state index contributed by atoms with van der Waals surface area (Å²) in [5, 5.41) is 12.4. The van der Waals surface area contributed by atoms with E-state index in [2.05, 4.69) is 10.3 Å². The second-order valence-electron chi connectivity index (χ2n) is 5.01. The van der Waals surface area contributed by atoms with E-state index in [1.807, 2.05) is 12.1 Å². The van der Waals surface area contributed by atoms with Crippen LogP contribution in [-0.4, -0.2) is 28.6 Å². The van der Waals surface area contributed by atoms with Crippen LogP contribution in [0.2, 0.25) is 0 Å². The Hall–Kier alpha value is -1.42. The van der Waals surface area contributed by atoms with Gasteiger partial charge in [-0.25, -0.2) is 0 Å². The van der Waals surface area contributed by atoms with E-state index < -0.39 is 0 Å². The Morgan fingerprint density at radius 1 is 1.28 bits per heavy atom. The molecule has 4 nitrogen and oxygen atoms in total. The number of hydrogen-bond acceptors (Lipinski definition) is 3. The van der Waals surface area contributed by atoms with Gasteiger partial charge in [-0.3, -0.25) is 9.78 Å². The number of amides is 1. The van der Waals surface area contributed by atoms with Gasteiger partial charge < -0.3 is 10.4 Å². The maximum Gasteiger partial charge on any atom is 0.224 e. The summed E-state index contributed by atoms with van der Waals surface area (Å²) in [4.78, 5) is 15.7. The number of nitrogens with zero attached hydrogens (tertiary/aromatic N) is 1. The minimum atomic E-state index is -0.131. The number of aliphatic hydroxyl groups is 1. The topological polar surface area (TPSA) is 62.2 Å². The number of aromatic nitrogens is 1. The van der Waals surface area contributed by atoms with Crippen LogP contribution in [0, 0.1) is 5.92 Å². The first kappa shape index (κ1) is 13.0. The fraction of sp³-hybridized carbons (Fsp3) is 0.571. The molecular formula is C14H20N2O2. The minimum absolute atomic E-state index is 0.0623. The number of aliphatic hydroxyl groups excluding tert-OH is 1. The first-order chi connectivity index (χ1) is 8.74. The Labute approximate surface area is 107 Å². The van der Waals surface area contributed by atoms with E-state index in [9.17, 15) is 9.90 Å². The van der Waals surface area contributed by atoms with E-state index in [0.717, 1.165) is 37.8 Å². The maximum atomic E-state index is 11.7. The lowest BCUT2D eigenvalue weighted by molar-refractivity contribution is -0.120. The van der Waals surface area contributed by atoms with Gasteiger partial charge in [-0.15, -0.1) is 0 Å². The van der Waals surface area contributed by atoms with Crippen LogP contribution in [0.25, 0.3) is 0 Å². The fourth-order valence-electron chi connectivity index (χ4n) is 2.36. The minimum Gasteiger partial charge on any atom is -0.393 e. The number of nitrogens with one attached hydrogen (secondary N) is 1. The van der Waals surface area contributed by atoms with Crippen molar-refractivity contribution in [2.75, 3.05) is 6.54 Å². The largest absolute Gasteiger partial charge is 0.393 e. The van der Waals surface area contributed by atoms with Crippen LogP contribution < -0.4 is 5.32 Å². The smallest absolute Gasteiger partial charge is 0.224 e. The molecule has 0 aliphatic heterocycles. The second kappa shape index (κ2) is 6.50. The quantitative estimate of drug-likeness (QED) is 0.844. The molecule has 2 rings (SSSR count). The van der Waals surface area contributed by atoms with Crippen molar-refractivity contribution in [3.8, 4) is 0 Å². The van der Waals surface area contributed by atoms with Crippen molar-refractivity contribution in [1.29, 1.82) is 0 Å². The van der Waals surface area contributed by atoms with Crippen molar-refractivity contribution in [2.45, 2.75) is 38.2 Å². The highest BCUT2D eigenvalue weighted by Gasteiger charge is 2.19. The van der Waals surface area contributed by atoms with Gasteiger partial charge in [0.05, 0.1) is 12.5 Å². The van der Waals surface area contributed by atoms with Crippen LogP contribution in [0.5, 0.6) is 0 Å². The molecule has 0 bridgehead atoms. The van der Waals surface area contributed by atoms with Crippen molar-refractivity contribution in [2.24, 2.45) is 5.92 Å². The molecule has 1 aromatic rings. The van der Waals surface area contributed by atoms with Crippen molar-refractivity contribution in [1.82, 2.24) is 10.3 Å². The van der Waals surface area contributed by atoms with E-state index in [-0.39, 0.29) is 12.0 Å². The third-order valence-corrected chi connectivity index (χ3v) is 3.52. The van der Waals surface area contributed by atoms with Gasteiger partial charge in [0.15, 0.2) is 0 Å². The van der Waals surface area contributed by atoms with Gasteiger partial charge in [-0.05, 0) is 49.3 Å². The van der Waals surface area contributed by atoms with Gasteiger partial charge in [-0.1, -0.05) is 0 Å². The Bertz CT molecular complexity index is 373. The van der Waals surface area contributed by atoms with Gasteiger partial charge in [0.1, 0.15) is 0 Å². The van der Waals surface area contributed by atoms with E-state index in [1.165, 1.54) is 0 Å². The van der Waals surface area contributed by atoms with Crippen molar-refractivity contribution in [3.05, 3.63) is 30.1 Å². The Balaban J connectivity index is 1.69. The number of pyridine rings is 1. The van der Waals surface area contributed by atoms with E-state index in [4.69, 9.17) is 0 Å². The lowest BCUT2D eigenvalue weighted by Gasteiger charge is -2.25. The monoisotopic (exact) mass is 248 g/mol. The summed E-state index contributed by atoms with van der Waals surface area (Å²) >= 11 is 0. The molecule has 2 N–H and O–H groups in total. The fourth-order valence-corrected chi connectivity index (χ4v) is 2.36. The predicted molar refractivity (Wildman–Crippen MR) is 68.9 cm³/mol. The first-order valence-electron chi connectivity index (χ1n) is 6.57. The molecule has 1 fully saturated rings. The molecule has 1 aliphatic rings. The molecule has 0 unspecified atom stereocenters. The zero-order valence-corrected chi connectivity index (χ0v) is 10.5. The lowest BCUT2D eigenvalue weighted by Crippen LogP contribution is -2.33. The summed E-state index contributed by atoms with van der Waals surface area (Å²) in [6.45, 7) is 0.733. The number of carbonyl (C=O) groups is 1. The number of rotatable bonds is 4. The van der Waals surface area contributed by atoms with E-state index >= 15 is 0 Å². The molecule has 0 atom stereocenters. The Morgan fingerprint density at radius 2 is 1.94 bits per heavy atom. The molecule has 0 spiro atoms. The van der Waals surface area contributed by atoms with Gasteiger partial charge in [-0.2, -0.15) is 0 Å². The predicted octanol–water partition coefficient (Wildman–Crippen LogP) is 1.29. The van der Waals surface area contributed by atoms with E-state index in [1.54, 1.807) is 12.4 Å². The highest BCUT2D eigenvalue weighted by atomic mass is 16.3. The molecule has 98 valence electrons. The van der Waals surface area contributed by atoms with Crippen LogP contribution in [0.3, 0.4) is 0 Å². The summed E-state index contributed by atoms with van der Waals surface area (Å²) in [6, 6.07) is 3.72. The van der Waals surface area contributed by atoms with Crippen molar-refractivity contribution < 1.29 is 9.90 Å².